The number of aliphatic hydroxyl groups excluding tert-OH is 1. The van der Waals surface area contributed by atoms with Gasteiger partial charge in [0.25, 0.3) is 0 Å². The lowest BCUT2D eigenvalue weighted by atomic mass is 9.96. The lowest BCUT2D eigenvalue weighted by Gasteiger charge is -2.27. The van der Waals surface area contributed by atoms with Crippen LogP contribution in [0.2, 0.25) is 0 Å². The van der Waals surface area contributed by atoms with Crippen molar-refractivity contribution in [3.05, 3.63) is 0 Å². The largest absolute Gasteiger partial charge is 0.480 e. The molecule has 0 fully saturated rings. The molecule has 0 aromatic carbocycles. The van der Waals surface area contributed by atoms with E-state index < -0.39 is 66.8 Å². The fraction of sp³-hybridized carbons (Fsp3) is 0.737. The molecule has 0 aliphatic rings. The van der Waals surface area contributed by atoms with Crippen LogP contribution in [0.5, 0.6) is 0 Å². The fourth-order valence-corrected chi connectivity index (χ4v) is 2.75. The van der Waals surface area contributed by atoms with E-state index in [1.165, 1.54) is 0 Å². The van der Waals surface area contributed by atoms with Crippen molar-refractivity contribution in [3.63, 3.8) is 0 Å². The highest BCUT2D eigenvalue weighted by molar-refractivity contribution is 5.95. The molecule has 0 saturated heterocycles. The van der Waals surface area contributed by atoms with Crippen molar-refractivity contribution in [1.29, 1.82) is 0 Å². The van der Waals surface area contributed by atoms with Crippen LogP contribution in [0.1, 0.15) is 46.0 Å². The van der Waals surface area contributed by atoms with E-state index in [0.717, 1.165) is 0 Å². The third-order valence-corrected chi connectivity index (χ3v) is 4.93. The summed E-state index contributed by atoms with van der Waals surface area (Å²) in [5.74, 6) is -4.78. The summed E-state index contributed by atoms with van der Waals surface area (Å²) in [7, 11) is 0. The van der Waals surface area contributed by atoms with Crippen LogP contribution in [0, 0.1) is 5.92 Å². The zero-order valence-corrected chi connectivity index (χ0v) is 18.5. The van der Waals surface area contributed by atoms with Crippen LogP contribution in [0.15, 0.2) is 0 Å². The number of carbonyl (C=O) groups is 5. The number of rotatable bonds is 16. The molecule has 4 amide bonds. The van der Waals surface area contributed by atoms with Crippen LogP contribution in [-0.4, -0.2) is 77.1 Å². The highest BCUT2D eigenvalue weighted by Gasteiger charge is 2.32. The zero-order valence-electron chi connectivity index (χ0n) is 18.5. The molecule has 11 N–H and O–H groups in total. The Balaban J connectivity index is 5.47. The summed E-state index contributed by atoms with van der Waals surface area (Å²) in [5, 5.41) is 25.4. The van der Waals surface area contributed by atoms with Gasteiger partial charge in [-0.2, -0.15) is 0 Å². The number of nitrogens with two attached hydrogens (primary N) is 3. The number of primary amides is 1. The van der Waals surface area contributed by atoms with Crippen molar-refractivity contribution in [3.8, 4) is 0 Å². The second-order valence-electron chi connectivity index (χ2n) is 7.58. The normalized spacial score (nSPS) is 15.5. The van der Waals surface area contributed by atoms with Crippen LogP contribution in [0.3, 0.4) is 0 Å². The van der Waals surface area contributed by atoms with Gasteiger partial charge in [0.1, 0.15) is 18.1 Å². The van der Waals surface area contributed by atoms with Crippen molar-refractivity contribution >= 4 is 29.6 Å². The summed E-state index contributed by atoms with van der Waals surface area (Å²) in [6.07, 6.45) is 1.29. The molecule has 0 aromatic rings. The maximum atomic E-state index is 12.9. The zero-order chi connectivity index (χ0) is 24.8. The topological polar surface area (TPSA) is 240 Å². The fourth-order valence-electron chi connectivity index (χ4n) is 2.75. The molecule has 5 unspecified atom stereocenters. The second kappa shape index (κ2) is 15.1. The Labute approximate surface area is 186 Å². The van der Waals surface area contributed by atoms with Gasteiger partial charge in [-0.15, -0.1) is 0 Å². The van der Waals surface area contributed by atoms with Gasteiger partial charge in [-0.25, -0.2) is 4.79 Å². The van der Waals surface area contributed by atoms with Crippen molar-refractivity contribution in [2.24, 2.45) is 23.1 Å². The molecular formula is C19H36N6O7. The average Bonchev–Trinajstić information content (AvgIpc) is 2.73. The van der Waals surface area contributed by atoms with Gasteiger partial charge in [-0.1, -0.05) is 20.3 Å². The molecule has 0 bridgehead atoms. The lowest BCUT2D eigenvalue weighted by Crippen LogP contribution is -2.59. The molecule has 0 radical (unpaired) electrons. The molecule has 13 heteroatoms. The maximum Gasteiger partial charge on any atom is 0.328 e. The van der Waals surface area contributed by atoms with Gasteiger partial charge >= 0.3 is 5.97 Å². The third-order valence-electron chi connectivity index (χ3n) is 4.93. The number of carboxylic acid groups (broad SMARTS) is 1. The SMILES string of the molecule is CCC(C)C(NC(=O)C(N)CC(N)=O)C(=O)NC(CCCCN)C(=O)NC(CO)C(=O)O. The predicted octanol–water partition coefficient (Wildman–Crippen LogP) is -3.10. The summed E-state index contributed by atoms with van der Waals surface area (Å²) < 4.78 is 0. The molecule has 0 aromatic heterocycles. The number of aliphatic hydroxyl groups is 1. The lowest BCUT2D eigenvalue weighted by molar-refractivity contribution is -0.143. The molecule has 0 aliphatic carbocycles. The minimum Gasteiger partial charge on any atom is -0.480 e. The van der Waals surface area contributed by atoms with Gasteiger partial charge in [-0.05, 0) is 31.7 Å². The van der Waals surface area contributed by atoms with Crippen LogP contribution < -0.4 is 33.2 Å². The summed E-state index contributed by atoms with van der Waals surface area (Å²) in [5.41, 5.74) is 16.2. The first-order valence-corrected chi connectivity index (χ1v) is 10.5. The third kappa shape index (κ3) is 10.5. The molecule has 184 valence electrons. The monoisotopic (exact) mass is 460 g/mol. The summed E-state index contributed by atoms with van der Waals surface area (Å²) in [6, 6.07) is -4.96. The second-order valence-corrected chi connectivity index (χ2v) is 7.58. The Morgan fingerprint density at radius 3 is 2.00 bits per heavy atom. The van der Waals surface area contributed by atoms with E-state index in [1.54, 1.807) is 13.8 Å². The van der Waals surface area contributed by atoms with Crippen molar-refractivity contribution in [1.82, 2.24) is 16.0 Å². The van der Waals surface area contributed by atoms with Gasteiger partial charge in [-0.3, -0.25) is 19.2 Å². The number of nitrogens with one attached hydrogen (secondary N) is 3. The minimum absolute atomic E-state index is 0.162. The average molecular weight is 461 g/mol. The Hall–Kier alpha value is -2.77. The Morgan fingerprint density at radius 2 is 1.53 bits per heavy atom. The van der Waals surface area contributed by atoms with Gasteiger partial charge in [0, 0.05) is 0 Å². The van der Waals surface area contributed by atoms with Gasteiger partial charge in [0.05, 0.1) is 19.1 Å². The molecular weight excluding hydrogens is 424 g/mol. The van der Waals surface area contributed by atoms with Crippen LogP contribution in [0.25, 0.3) is 0 Å². The number of amides is 4. The van der Waals surface area contributed by atoms with Crippen LogP contribution in [0.4, 0.5) is 0 Å². The maximum absolute atomic E-state index is 12.9. The van der Waals surface area contributed by atoms with Crippen molar-refractivity contribution in [2.75, 3.05) is 13.2 Å². The Kier molecular flexibility index (Phi) is 13.8. The standard InChI is InChI=1S/C19H36N6O7/c1-3-10(2)15(25-16(28)11(21)8-14(22)27)18(30)23-12(6-4-5-7-20)17(29)24-13(9-26)19(31)32/h10-13,15,26H,3-9,20-21H2,1-2H3,(H2,22,27)(H,23,30)(H,24,29)(H,25,28)(H,31,32). The van der Waals surface area contributed by atoms with E-state index in [0.29, 0.717) is 25.8 Å². The number of hydrogen-bond acceptors (Lipinski definition) is 8. The highest BCUT2D eigenvalue weighted by Crippen LogP contribution is 2.10. The molecule has 0 heterocycles. The van der Waals surface area contributed by atoms with Gasteiger partial charge < -0.3 is 43.4 Å². The molecule has 0 spiro atoms. The quantitative estimate of drug-likeness (QED) is 0.109. The van der Waals surface area contributed by atoms with E-state index in [1.807, 2.05) is 0 Å². The predicted molar refractivity (Wildman–Crippen MR) is 115 cm³/mol. The molecule has 0 aliphatic heterocycles. The van der Waals surface area contributed by atoms with Gasteiger partial charge in [0.2, 0.25) is 23.6 Å². The summed E-state index contributed by atoms with van der Waals surface area (Å²) >= 11 is 0. The van der Waals surface area contributed by atoms with E-state index in [9.17, 15) is 24.0 Å². The first-order valence-electron chi connectivity index (χ1n) is 10.5. The number of hydrogen-bond donors (Lipinski definition) is 8. The Bertz CT molecular complexity index is 660. The minimum atomic E-state index is -1.53. The Morgan fingerprint density at radius 1 is 0.938 bits per heavy atom. The number of unbranched alkanes of at least 4 members (excludes halogenated alkanes) is 1. The van der Waals surface area contributed by atoms with Crippen molar-refractivity contribution < 1.29 is 34.2 Å². The first-order chi connectivity index (χ1) is 15.0. The van der Waals surface area contributed by atoms with Crippen LogP contribution in [-0.2, 0) is 24.0 Å². The molecule has 0 saturated carbocycles. The van der Waals surface area contributed by atoms with E-state index in [2.05, 4.69) is 16.0 Å². The number of carboxylic acids is 1. The summed E-state index contributed by atoms with van der Waals surface area (Å²) in [4.78, 5) is 59.9. The van der Waals surface area contributed by atoms with Crippen molar-refractivity contribution in [2.45, 2.75) is 70.1 Å². The van der Waals surface area contributed by atoms with E-state index in [4.69, 9.17) is 27.4 Å². The highest BCUT2D eigenvalue weighted by atomic mass is 16.4. The number of aliphatic carboxylic acids is 1. The number of carbonyl (C=O) groups excluding carboxylic acids is 4. The first kappa shape index (κ1) is 29.2. The molecule has 32 heavy (non-hydrogen) atoms. The molecule has 5 atom stereocenters. The smallest absolute Gasteiger partial charge is 0.328 e. The molecule has 13 nitrogen and oxygen atoms in total. The van der Waals surface area contributed by atoms with E-state index >= 15 is 0 Å². The molecule has 0 rings (SSSR count). The van der Waals surface area contributed by atoms with E-state index in [-0.39, 0.29) is 12.3 Å². The van der Waals surface area contributed by atoms with Gasteiger partial charge in [0.15, 0.2) is 0 Å². The van der Waals surface area contributed by atoms with Crippen LogP contribution >= 0.6 is 0 Å². The summed E-state index contributed by atoms with van der Waals surface area (Å²) in [6.45, 7) is 3.04.